The molecule has 0 saturated carbocycles. The highest BCUT2D eigenvalue weighted by atomic mass is 16.7. The van der Waals surface area contributed by atoms with E-state index in [4.69, 9.17) is 9.47 Å². The third-order valence-electron chi connectivity index (χ3n) is 5.96. The van der Waals surface area contributed by atoms with Gasteiger partial charge in [-0.05, 0) is 49.3 Å². The Kier molecular flexibility index (Phi) is 4.80. The molecule has 1 N–H and O–H groups in total. The number of ether oxygens (including phenoxy) is 2. The van der Waals surface area contributed by atoms with Crippen molar-refractivity contribution in [2.45, 2.75) is 38.2 Å². The van der Waals surface area contributed by atoms with Crippen molar-refractivity contribution in [2.24, 2.45) is 5.92 Å². The summed E-state index contributed by atoms with van der Waals surface area (Å²) in [4.78, 5) is 16.7. The minimum atomic E-state index is -0.861. The number of benzene rings is 1. The van der Waals surface area contributed by atoms with Gasteiger partial charge >= 0.3 is 0 Å². The molecule has 1 aromatic carbocycles. The van der Waals surface area contributed by atoms with E-state index >= 15 is 0 Å². The summed E-state index contributed by atoms with van der Waals surface area (Å²) in [6, 6.07) is 5.67. The van der Waals surface area contributed by atoms with E-state index in [9.17, 15) is 9.90 Å². The van der Waals surface area contributed by atoms with Crippen LogP contribution in [0.3, 0.4) is 0 Å². The topological polar surface area (TPSA) is 62.2 Å². The molecule has 1 atom stereocenters. The smallest absolute Gasteiger partial charge is 0.236 e. The Balaban J connectivity index is 1.34. The van der Waals surface area contributed by atoms with Crippen molar-refractivity contribution in [3.8, 4) is 11.5 Å². The lowest BCUT2D eigenvalue weighted by Gasteiger charge is -2.39. The van der Waals surface area contributed by atoms with Gasteiger partial charge in [-0.2, -0.15) is 0 Å². The molecular weight excluding hydrogens is 332 g/mol. The molecular formula is C20H28N2O4. The summed E-state index contributed by atoms with van der Waals surface area (Å²) in [7, 11) is 0. The Bertz CT molecular complexity index is 670. The average molecular weight is 360 g/mol. The maximum atomic E-state index is 12.6. The minimum absolute atomic E-state index is 0.227. The van der Waals surface area contributed by atoms with Gasteiger partial charge in [-0.15, -0.1) is 0 Å². The van der Waals surface area contributed by atoms with Crippen molar-refractivity contribution in [1.29, 1.82) is 0 Å². The van der Waals surface area contributed by atoms with Crippen LogP contribution in [0.5, 0.6) is 11.5 Å². The number of aliphatic hydroxyl groups is 1. The fraction of sp³-hybridized carbons (Fsp3) is 0.650. The van der Waals surface area contributed by atoms with E-state index in [1.54, 1.807) is 0 Å². The molecule has 0 unspecified atom stereocenters. The Labute approximate surface area is 154 Å². The fourth-order valence-electron chi connectivity index (χ4n) is 4.26. The molecule has 0 spiro atoms. The van der Waals surface area contributed by atoms with Crippen LogP contribution in [0.2, 0.25) is 0 Å². The Hall–Kier alpha value is -1.79. The number of amides is 1. The van der Waals surface area contributed by atoms with E-state index in [0.29, 0.717) is 31.1 Å². The van der Waals surface area contributed by atoms with Crippen LogP contribution in [0, 0.1) is 5.92 Å². The summed E-state index contributed by atoms with van der Waals surface area (Å²) in [5.41, 5.74) is 0.0118. The van der Waals surface area contributed by atoms with Crippen LogP contribution in [-0.2, 0) is 10.4 Å². The molecule has 4 rings (SSSR count). The number of nitrogens with zero attached hydrogens (tertiary/aromatic N) is 2. The molecule has 3 aliphatic rings. The Morgan fingerprint density at radius 1 is 1.23 bits per heavy atom. The molecule has 1 aromatic rings. The third-order valence-corrected chi connectivity index (χ3v) is 5.96. The van der Waals surface area contributed by atoms with Crippen molar-refractivity contribution in [1.82, 2.24) is 9.80 Å². The van der Waals surface area contributed by atoms with Gasteiger partial charge in [-0.1, -0.05) is 13.0 Å². The van der Waals surface area contributed by atoms with Gasteiger partial charge in [0.2, 0.25) is 12.7 Å². The Morgan fingerprint density at radius 2 is 2.00 bits per heavy atom. The molecule has 1 amide bonds. The lowest BCUT2D eigenvalue weighted by Crippen LogP contribution is -2.48. The first-order chi connectivity index (χ1) is 12.5. The summed E-state index contributed by atoms with van der Waals surface area (Å²) in [6.07, 6.45) is 3.57. The minimum Gasteiger partial charge on any atom is -0.454 e. The van der Waals surface area contributed by atoms with Gasteiger partial charge in [0.1, 0.15) is 0 Å². The number of carbonyl (C=O) groups excluding carboxylic acids is 1. The summed E-state index contributed by atoms with van der Waals surface area (Å²) < 4.78 is 10.8. The molecule has 6 heteroatoms. The van der Waals surface area contributed by atoms with Crippen LogP contribution < -0.4 is 9.47 Å². The molecule has 26 heavy (non-hydrogen) atoms. The molecule has 0 bridgehead atoms. The number of piperidine rings is 2. The quantitative estimate of drug-likeness (QED) is 0.893. The SMILES string of the molecule is C[C@H]1CCCN(C(=O)CN2CCC(O)(c3ccc4c(c3)OCO4)CC2)C1. The molecule has 2 saturated heterocycles. The molecule has 142 valence electrons. The third kappa shape index (κ3) is 3.53. The number of likely N-dealkylation sites (tertiary alicyclic amines) is 2. The largest absolute Gasteiger partial charge is 0.454 e. The number of rotatable bonds is 3. The second kappa shape index (κ2) is 7.08. The van der Waals surface area contributed by atoms with Gasteiger partial charge in [0, 0.05) is 26.2 Å². The van der Waals surface area contributed by atoms with Crippen molar-refractivity contribution in [2.75, 3.05) is 39.5 Å². The van der Waals surface area contributed by atoms with Crippen molar-refractivity contribution >= 4 is 5.91 Å². The van der Waals surface area contributed by atoms with Crippen molar-refractivity contribution in [3.63, 3.8) is 0 Å². The van der Waals surface area contributed by atoms with E-state index < -0.39 is 5.60 Å². The zero-order valence-corrected chi connectivity index (χ0v) is 15.4. The van der Waals surface area contributed by atoms with Crippen molar-refractivity contribution in [3.05, 3.63) is 23.8 Å². The molecule has 0 aromatic heterocycles. The maximum Gasteiger partial charge on any atom is 0.236 e. The first-order valence-corrected chi connectivity index (χ1v) is 9.66. The molecule has 6 nitrogen and oxygen atoms in total. The van der Waals surface area contributed by atoms with Crippen LogP contribution in [0.25, 0.3) is 0 Å². The van der Waals surface area contributed by atoms with Crippen LogP contribution in [-0.4, -0.2) is 60.3 Å². The molecule has 3 heterocycles. The zero-order chi connectivity index (χ0) is 18.1. The predicted molar refractivity (Wildman–Crippen MR) is 97.1 cm³/mol. The molecule has 2 fully saturated rings. The van der Waals surface area contributed by atoms with Gasteiger partial charge < -0.3 is 19.5 Å². The van der Waals surface area contributed by atoms with Gasteiger partial charge in [-0.3, -0.25) is 9.69 Å². The molecule has 0 radical (unpaired) electrons. The summed E-state index contributed by atoms with van der Waals surface area (Å²) >= 11 is 0. The predicted octanol–water partition coefficient (Wildman–Crippen LogP) is 1.96. The highest BCUT2D eigenvalue weighted by Crippen LogP contribution is 2.39. The average Bonchev–Trinajstić information content (AvgIpc) is 3.11. The van der Waals surface area contributed by atoms with E-state index in [1.807, 2.05) is 23.1 Å². The lowest BCUT2D eigenvalue weighted by molar-refractivity contribution is -0.135. The van der Waals surface area contributed by atoms with E-state index in [2.05, 4.69) is 11.8 Å². The van der Waals surface area contributed by atoms with Crippen LogP contribution in [0.1, 0.15) is 38.2 Å². The number of hydrogen-bond donors (Lipinski definition) is 1. The monoisotopic (exact) mass is 360 g/mol. The highest BCUT2D eigenvalue weighted by molar-refractivity contribution is 5.78. The lowest BCUT2D eigenvalue weighted by atomic mass is 9.84. The Morgan fingerprint density at radius 3 is 2.77 bits per heavy atom. The summed E-state index contributed by atoms with van der Waals surface area (Å²) in [6.45, 7) is 6.13. The van der Waals surface area contributed by atoms with Crippen LogP contribution in [0.15, 0.2) is 18.2 Å². The van der Waals surface area contributed by atoms with Crippen LogP contribution in [0.4, 0.5) is 0 Å². The number of hydrogen-bond acceptors (Lipinski definition) is 5. The van der Waals surface area contributed by atoms with Gasteiger partial charge in [-0.25, -0.2) is 0 Å². The highest BCUT2D eigenvalue weighted by Gasteiger charge is 2.36. The summed E-state index contributed by atoms with van der Waals surface area (Å²) in [5.74, 6) is 2.26. The van der Waals surface area contributed by atoms with E-state index in [-0.39, 0.29) is 12.7 Å². The van der Waals surface area contributed by atoms with Crippen molar-refractivity contribution < 1.29 is 19.4 Å². The van der Waals surface area contributed by atoms with Crippen LogP contribution >= 0.6 is 0 Å². The zero-order valence-electron chi connectivity index (χ0n) is 15.4. The fourth-order valence-corrected chi connectivity index (χ4v) is 4.26. The normalized spacial score (nSPS) is 25.3. The first kappa shape index (κ1) is 17.6. The molecule has 0 aliphatic carbocycles. The van der Waals surface area contributed by atoms with Gasteiger partial charge in [0.15, 0.2) is 11.5 Å². The first-order valence-electron chi connectivity index (χ1n) is 9.66. The maximum absolute atomic E-state index is 12.6. The molecule has 3 aliphatic heterocycles. The van der Waals surface area contributed by atoms with E-state index in [0.717, 1.165) is 43.9 Å². The van der Waals surface area contributed by atoms with Gasteiger partial charge in [0.05, 0.1) is 12.1 Å². The second-order valence-corrected chi connectivity index (χ2v) is 7.96. The standard InChI is InChI=1S/C20H28N2O4/c1-15-3-2-8-22(12-15)19(23)13-21-9-6-20(24,7-10-21)16-4-5-17-18(11-16)26-14-25-17/h4-5,11,15,24H,2-3,6-10,12-14H2,1H3/t15-/m0/s1. The second-order valence-electron chi connectivity index (χ2n) is 7.96. The summed E-state index contributed by atoms with van der Waals surface area (Å²) in [5, 5.41) is 11.1. The van der Waals surface area contributed by atoms with Gasteiger partial charge in [0.25, 0.3) is 0 Å². The van der Waals surface area contributed by atoms with E-state index in [1.165, 1.54) is 6.42 Å². The number of fused-ring (bicyclic) bond motifs is 1. The number of carbonyl (C=O) groups is 1.